The van der Waals surface area contributed by atoms with Crippen LogP contribution < -0.4 is 15.5 Å². The van der Waals surface area contributed by atoms with Gasteiger partial charge in [-0.15, -0.1) is 0 Å². The first kappa shape index (κ1) is 27.0. The molecule has 14 heteroatoms. The van der Waals surface area contributed by atoms with Crippen molar-refractivity contribution in [1.29, 1.82) is 0 Å². The number of hydrogen-bond donors (Lipinski definition) is 6. The number of pyridine rings is 2. The van der Waals surface area contributed by atoms with Crippen LogP contribution in [0.15, 0.2) is 30.6 Å². The number of carboxylic acid groups (broad SMARTS) is 1. The van der Waals surface area contributed by atoms with Gasteiger partial charge in [0.1, 0.15) is 11.3 Å². The first-order valence-corrected chi connectivity index (χ1v) is 12.5. The van der Waals surface area contributed by atoms with Crippen molar-refractivity contribution in [3.05, 3.63) is 47.7 Å². The molecule has 2 aliphatic heterocycles. The Morgan fingerprint density at radius 1 is 1.27 bits per heavy atom. The predicted molar refractivity (Wildman–Crippen MR) is 132 cm³/mol. The fourth-order valence-corrected chi connectivity index (χ4v) is 5.25. The quantitative estimate of drug-likeness (QED) is 0.303. The molecular weight excluding hydrogens is 509 g/mol. The molecule has 0 aromatic carbocycles. The predicted octanol–water partition coefficient (Wildman–Crippen LogP) is 1.30. The molecule has 2 fully saturated rings. The zero-order valence-electron chi connectivity index (χ0n) is 20.1. The molecule has 0 aliphatic carbocycles. The van der Waals surface area contributed by atoms with E-state index in [1.165, 1.54) is 30.3 Å². The van der Waals surface area contributed by atoms with Gasteiger partial charge in [-0.05, 0) is 32.0 Å². The van der Waals surface area contributed by atoms with E-state index in [-0.39, 0.29) is 30.2 Å². The van der Waals surface area contributed by atoms with Gasteiger partial charge in [-0.3, -0.25) is 9.78 Å². The number of β-amino-alcohol motifs (C(OH)–C–C–N with tert-alkyl or cyclic N) is 2. The van der Waals surface area contributed by atoms with Crippen molar-refractivity contribution < 1.29 is 39.1 Å². The number of hydrogen-bond acceptors (Lipinski definition) is 10. The van der Waals surface area contributed by atoms with E-state index >= 15 is 0 Å². The molecule has 4 rings (SSSR count). The number of amides is 2. The number of carbonyl (C=O) groups excluding carboxylic acids is 1. The van der Waals surface area contributed by atoms with Crippen LogP contribution in [0, 0.1) is 5.82 Å². The van der Waals surface area contributed by atoms with Crippen molar-refractivity contribution in [1.82, 2.24) is 15.3 Å². The lowest BCUT2D eigenvalue weighted by atomic mass is 9.82. The number of nitrogens with one attached hydrogen (secondary N) is 2. The van der Waals surface area contributed by atoms with Crippen molar-refractivity contribution in [2.45, 2.75) is 49.2 Å². The van der Waals surface area contributed by atoms with Crippen LogP contribution in [-0.2, 0) is 4.74 Å². The van der Waals surface area contributed by atoms with Gasteiger partial charge in [0.25, 0.3) is 5.91 Å². The molecule has 0 bridgehead atoms. The van der Waals surface area contributed by atoms with Crippen LogP contribution in [0.5, 0.6) is 0 Å². The molecule has 0 unspecified atom stereocenters. The molecule has 4 heterocycles. The molecule has 4 atom stereocenters. The smallest absolute Gasteiger partial charge is 0.404 e. The lowest BCUT2D eigenvalue weighted by molar-refractivity contribution is -0.176. The second kappa shape index (κ2) is 10.4. The van der Waals surface area contributed by atoms with Crippen molar-refractivity contribution in [3.8, 4) is 0 Å². The highest BCUT2D eigenvalue weighted by Crippen LogP contribution is 2.39. The molecule has 2 aliphatic rings. The Hall–Kier alpha value is -3.04. The Morgan fingerprint density at radius 3 is 2.73 bits per heavy atom. The van der Waals surface area contributed by atoms with Gasteiger partial charge in [0.2, 0.25) is 5.12 Å². The molecule has 2 amide bonds. The van der Waals surface area contributed by atoms with Gasteiger partial charge in [-0.2, -0.15) is 0 Å². The number of ether oxygens (including phenoxy) is 1. The third kappa shape index (κ3) is 5.93. The average molecular weight is 538 g/mol. The summed E-state index contributed by atoms with van der Waals surface area (Å²) < 4.78 is 20.5. The molecule has 0 radical (unpaired) electrons. The Bertz CT molecular complexity index is 1180. The number of nitrogens with zero attached hydrogens (tertiary/aromatic N) is 3. The fourth-order valence-electron chi connectivity index (χ4n) is 4.36. The van der Waals surface area contributed by atoms with E-state index in [9.17, 15) is 34.4 Å². The van der Waals surface area contributed by atoms with Crippen molar-refractivity contribution >= 4 is 35.3 Å². The lowest BCUT2D eigenvalue weighted by Crippen LogP contribution is -2.60. The maximum atomic E-state index is 14.5. The summed E-state index contributed by atoms with van der Waals surface area (Å²) in [4.78, 5) is 33.9. The minimum atomic E-state index is -2.07. The van der Waals surface area contributed by atoms with Gasteiger partial charge < -0.3 is 40.7 Å². The standard InChI is InChI=1S/C23H28FN5O7S/c1-12-22(2,33)18(28-21(31)32)9-17(36-12)13-5-6-25-10-16(13)27-20(30)15-4-3-14(24)19(26-15)29-7-8-37-23(34,35)11-29/h3-6,10,12,17-18,28,33-35H,7-9,11H2,1-2H3,(H,27,30)(H,31,32)/t12-,17-,18-,22-/m1/s1. The number of halogens is 1. The summed E-state index contributed by atoms with van der Waals surface area (Å²) in [5.74, 6) is -1.23. The van der Waals surface area contributed by atoms with E-state index in [1.54, 1.807) is 13.0 Å². The second-order valence-corrected chi connectivity index (χ2v) is 10.5. The van der Waals surface area contributed by atoms with E-state index in [1.807, 2.05) is 0 Å². The topological polar surface area (TPSA) is 177 Å². The molecule has 2 aromatic heterocycles. The Balaban J connectivity index is 1.56. The maximum Gasteiger partial charge on any atom is 0.404 e. The lowest BCUT2D eigenvalue weighted by Gasteiger charge is -2.45. The number of rotatable bonds is 5. The summed E-state index contributed by atoms with van der Waals surface area (Å²) in [5.41, 5.74) is -0.805. The monoisotopic (exact) mass is 537 g/mol. The summed E-state index contributed by atoms with van der Waals surface area (Å²) in [6, 6.07) is 3.05. The Kier molecular flexibility index (Phi) is 7.57. The summed E-state index contributed by atoms with van der Waals surface area (Å²) >= 11 is 0.924. The highest BCUT2D eigenvalue weighted by molar-refractivity contribution is 8.00. The molecule has 6 N–H and O–H groups in total. The second-order valence-electron chi connectivity index (χ2n) is 9.16. The summed E-state index contributed by atoms with van der Waals surface area (Å²) in [6.45, 7) is 3.13. The molecule has 37 heavy (non-hydrogen) atoms. The largest absolute Gasteiger partial charge is 0.465 e. The molecule has 0 saturated carbocycles. The van der Waals surface area contributed by atoms with Gasteiger partial charge in [-0.1, -0.05) is 11.8 Å². The maximum absolute atomic E-state index is 14.5. The molecule has 2 aromatic rings. The fraction of sp³-hybridized carbons (Fsp3) is 0.478. The van der Waals surface area contributed by atoms with E-state index in [4.69, 9.17) is 4.74 Å². The molecule has 200 valence electrons. The van der Waals surface area contributed by atoms with Crippen molar-refractivity contribution in [2.24, 2.45) is 0 Å². The molecule has 12 nitrogen and oxygen atoms in total. The van der Waals surface area contributed by atoms with Gasteiger partial charge in [0.05, 0.1) is 36.7 Å². The van der Waals surface area contributed by atoms with E-state index in [0.717, 1.165) is 17.8 Å². The van der Waals surface area contributed by atoms with Crippen LogP contribution in [0.2, 0.25) is 0 Å². The first-order valence-electron chi connectivity index (χ1n) is 11.5. The normalized spacial score (nSPS) is 27.4. The third-order valence-electron chi connectivity index (χ3n) is 6.55. The summed E-state index contributed by atoms with van der Waals surface area (Å²) in [5, 5.41) is 42.8. The van der Waals surface area contributed by atoms with Crippen LogP contribution >= 0.6 is 11.8 Å². The number of carbonyl (C=O) groups is 2. The van der Waals surface area contributed by atoms with Gasteiger partial charge in [0.15, 0.2) is 11.6 Å². The minimum absolute atomic E-state index is 0.0898. The van der Waals surface area contributed by atoms with Crippen molar-refractivity contribution in [3.63, 3.8) is 0 Å². The Labute approximate surface area is 215 Å². The van der Waals surface area contributed by atoms with E-state index in [2.05, 4.69) is 20.6 Å². The third-order valence-corrected chi connectivity index (χ3v) is 7.52. The summed E-state index contributed by atoms with van der Waals surface area (Å²) in [6.07, 6.45) is 0.262. The summed E-state index contributed by atoms with van der Waals surface area (Å²) in [7, 11) is 0. The molecule has 0 spiro atoms. The van der Waals surface area contributed by atoms with Crippen LogP contribution in [0.3, 0.4) is 0 Å². The van der Waals surface area contributed by atoms with Crippen LogP contribution in [-0.4, -0.2) is 84.1 Å². The number of thioether (sulfide) groups is 1. The molecular formula is C23H28FN5O7S. The number of aromatic nitrogens is 2. The zero-order chi connectivity index (χ0) is 27.0. The van der Waals surface area contributed by atoms with Crippen LogP contribution in [0.25, 0.3) is 0 Å². The van der Waals surface area contributed by atoms with Crippen molar-refractivity contribution in [2.75, 3.05) is 29.1 Å². The number of aliphatic hydroxyl groups is 3. The minimum Gasteiger partial charge on any atom is -0.465 e. The van der Waals surface area contributed by atoms with Crippen LogP contribution in [0.1, 0.15) is 42.4 Å². The molecule has 2 saturated heterocycles. The van der Waals surface area contributed by atoms with E-state index < -0.39 is 46.8 Å². The first-order chi connectivity index (χ1) is 17.4. The van der Waals surface area contributed by atoms with Gasteiger partial charge >= 0.3 is 6.09 Å². The van der Waals surface area contributed by atoms with Gasteiger partial charge in [0, 0.05) is 30.5 Å². The Morgan fingerprint density at radius 2 is 2.03 bits per heavy atom. The van der Waals surface area contributed by atoms with Crippen LogP contribution in [0.4, 0.5) is 20.7 Å². The average Bonchev–Trinajstić information content (AvgIpc) is 2.82. The zero-order valence-corrected chi connectivity index (χ0v) is 20.9. The highest BCUT2D eigenvalue weighted by atomic mass is 32.2. The SMILES string of the molecule is C[C@H]1O[C@@H](c2ccncc2NC(=O)c2ccc(F)c(N3CCSC(O)(O)C3)n2)C[C@@H](NC(=O)O)[C@]1(C)O. The number of anilines is 2. The van der Waals surface area contributed by atoms with E-state index in [0.29, 0.717) is 17.9 Å². The highest BCUT2D eigenvalue weighted by Gasteiger charge is 2.46. The van der Waals surface area contributed by atoms with Gasteiger partial charge in [-0.25, -0.2) is 14.2 Å².